The third-order valence-electron chi connectivity index (χ3n) is 2.88. The van der Waals surface area contributed by atoms with Gasteiger partial charge in [-0.15, -0.1) is 0 Å². The van der Waals surface area contributed by atoms with Crippen LogP contribution in [0.4, 0.5) is 0 Å². The lowest BCUT2D eigenvalue weighted by Gasteiger charge is -2.23. The fourth-order valence-corrected chi connectivity index (χ4v) is 3.36. The molecule has 4 atom stereocenters. The summed E-state index contributed by atoms with van der Waals surface area (Å²) in [6.07, 6.45) is -2.16. The number of phosphoric acid groups is 1. The molecule has 0 aromatic carbocycles. The molecule has 3 unspecified atom stereocenters. The predicted molar refractivity (Wildman–Crippen MR) is 88.2 cm³/mol. The summed E-state index contributed by atoms with van der Waals surface area (Å²) in [6.45, 7) is 7.13. The van der Waals surface area contributed by atoms with E-state index in [9.17, 15) is 14.2 Å². The van der Waals surface area contributed by atoms with Crippen molar-refractivity contribution in [3.05, 3.63) is 0 Å². The third-order valence-corrected chi connectivity index (χ3v) is 4.49. The van der Waals surface area contributed by atoms with E-state index in [1.165, 1.54) is 13.8 Å². The zero-order valence-corrected chi connectivity index (χ0v) is 16.6. The van der Waals surface area contributed by atoms with E-state index in [0.717, 1.165) is 0 Å². The highest BCUT2D eigenvalue weighted by Crippen LogP contribution is 2.51. The van der Waals surface area contributed by atoms with Crippen LogP contribution in [0.2, 0.25) is 0 Å². The summed E-state index contributed by atoms with van der Waals surface area (Å²) in [4.78, 5) is 22.1. The van der Waals surface area contributed by atoms with Gasteiger partial charge in [0.1, 0.15) is 12.7 Å². The van der Waals surface area contributed by atoms with Gasteiger partial charge < -0.3 is 18.9 Å². The molecule has 26 heavy (non-hydrogen) atoms. The first kappa shape index (κ1) is 23.0. The highest BCUT2D eigenvalue weighted by Gasteiger charge is 2.33. The molecule has 1 aliphatic rings. The van der Waals surface area contributed by atoms with Gasteiger partial charge in [-0.1, -0.05) is 0 Å². The molecule has 10 nitrogen and oxygen atoms in total. The lowest BCUT2D eigenvalue weighted by atomic mass is 10.4. The van der Waals surface area contributed by atoms with Crippen molar-refractivity contribution in [3.63, 3.8) is 0 Å². The van der Waals surface area contributed by atoms with Crippen LogP contribution in [0.5, 0.6) is 0 Å². The summed E-state index contributed by atoms with van der Waals surface area (Å²) in [5.41, 5.74) is 0. The van der Waals surface area contributed by atoms with Crippen LogP contribution in [0, 0.1) is 0 Å². The molecule has 1 heterocycles. The highest BCUT2D eigenvalue weighted by molar-refractivity contribution is 7.48. The number of carbonyl (C=O) groups is 2. The van der Waals surface area contributed by atoms with E-state index in [2.05, 4.69) is 0 Å². The van der Waals surface area contributed by atoms with Crippen LogP contribution in [0.15, 0.2) is 0 Å². The van der Waals surface area contributed by atoms with Crippen molar-refractivity contribution in [2.45, 2.75) is 59.2 Å². The maximum atomic E-state index is 12.8. The summed E-state index contributed by atoms with van der Waals surface area (Å²) in [6, 6.07) is 0. The lowest BCUT2D eigenvalue weighted by molar-refractivity contribution is -0.158. The fraction of sp³-hybridized carbons (Fsp3) is 0.867. The molecule has 0 spiro atoms. The predicted octanol–water partition coefficient (Wildman–Crippen LogP) is 1.81. The van der Waals surface area contributed by atoms with Gasteiger partial charge in [-0.05, 0) is 20.8 Å². The Bertz CT molecular complexity index is 509. The second-order valence-corrected chi connectivity index (χ2v) is 7.51. The van der Waals surface area contributed by atoms with Crippen molar-refractivity contribution >= 4 is 19.8 Å². The Morgan fingerprint density at radius 1 is 1.15 bits per heavy atom. The van der Waals surface area contributed by atoms with Crippen LogP contribution in [-0.4, -0.2) is 63.0 Å². The number of esters is 2. The van der Waals surface area contributed by atoms with Crippen LogP contribution in [-0.2, 0) is 46.7 Å². The second-order valence-electron chi connectivity index (χ2n) is 5.89. The van der Waals surface area contributed by atoms with Crippen LogP contribution in [0.25, 0.3) is 0 Å². The van der Waals surface area contributed by atoms with Gasteiger partial charge in [-0.3, -0.25) is 23.2 Å². The van der Waals surface area contributed by atoms with E-state index < -0.39 is 38.1 Å². The van der Waals surface area contributed by atoms with Gasteiger partial charge in [0.2, 0.25) is 0 Å². The molecule has 152 valence electrons. The molecule has 1 rings (SSSR count). The molecule has 1 aliphatic heterocycles. The summed E-state index contributed by atoms with van der Waals surface area (Å²) >= 11 is 0. The molecule has 0 aromatic rings. The molecule has 0 saturated carbocycles. The van der Waals surface area contributed by atoms with Crippen LogP contribution in [0.3, 0.4) is 0 Å². The first-order valence-corrected chi connectivity index (χ1v) is 9.71. The number of rotatable bonds is 11. The number of hydrogen-bond donors (Lipinski definition) is 0. The minimum absolute atomic E-state index is 0.0590. The van der Waals surface area contributed by atoms with Gasteiger partial charge in [0.05, 0.1) is 25.9 Å². The van der Waals surface area contributed by atoms with E-state index in [-0.39, 0.29) is 26.1 Å². The monoisotopic (exact) mass is 398 g/mol. The second kappa shape index (κ2) is 11.0. The van der Waals surface area contributed by atoms with E-state index in [4.69, 9.17) is 32.5 Å². The van der Waals surface area contributed by atoms with Crippen molar-refractivity contribution < 1.29 is 46.7 Å². The van der Waals surface area contributed by atoms with Crippen molar-refractivity contribution in [1.29, 1.82) is 0 Å². The van der Waals surface area contributed by atoms with Gasteiger partial charge in [0.25, 0.3) is 0 Å². The Morgan fingerprint density at radius 3 is 2.35 bits per heavy atom. The van der Waals surface area contributed by atoms with Gasteiger partial charge in [0, 0.05) is 13.8 Å². The summed E-state index contributed by atoms with van der Waals surface area (Å²) in [5, 5.41) is 0. The number of carbonyl (C=O) groups excluding carboxylic acids is 2. The average Bonchev–Trinajstić information content (AvgIpc) is 2.93. The Morgan fingerprint density at radius 2 is 1.85 bits per heavy atom. The van der Waals surface area contributed by atoms with Crippen LogP contribution in [0.1, 0.15) is 34.6 Å². The molecular formula is C15H27O10P. The molecular weight excluding hydrogens is 371 g/mol. The zero-order valence-electron chi connectivity index (χ0n) is 15.7. The molecule has 0 radical (unpaired) electrons. The maximum absolute atomic E-state index is 12.8. The molecule has 0 amide bonds. The normalized spacial score (nSPS) is 23.5. The smallest absolute Gasteiger partial charge is 0.462 e. The van der Waals surface area contributed by atoms with E-state index in [1.807, 2.05) is 0 Å². The first-order chi connectivity index (χ1) is 12.1. The zero-order chi connectivity index (χ0) is 19.7. The summed E-state index contributed by atoms with van der Waals surface area (Å²) in [7, 11) is -3.96. The Labute approximate surface area is 153 Å². The quantitative estimate of drug-likeness (QED) is 0.377. The molecule has 11 heteroatoms. The summed E-state index contributed by atoms with van der Waals surface area (Å²) in [5.74, 6) is -1.15. The molecule has 1 fully saturated rings. The lowest BCUT2D eigenvalue weighted by Crippen LogP contribution is -2.29. The van der Waals surface area contributed by atoms with Gasteiger partial charge in [-0.25, -0.2) is 4.57 Å². The Kier molecular flexibility index (Phi) is 9.70. The maximum Gasteiger partial charge on any atom is 0.475 e. The largest absolute Gasteiger partial charge is 0.475 e. The van der Waals surface area contributed by atoms with Crippen LogP contribution >= 0.6 is 7.82 Å². The number of ether oxygens (including phenoxy) is 4. The minimum atomic E-state index is -3.96. The Balaban J connectivity index is 2.62. The minimum Gasteiger partial charge on any atom is -0.462 e. The third kappa shape index (κ3) is 9.61. The Hall–Kier alpha value is -1.03. The number of hydrogen-bond acceptors (Lipinski definition) is 10. The first-order valence-electron chi connectivity index (χ1n) is 8.25. The molecule has 0 N–H and O–H groups in total. The van der Waals surface area contributed by atoms with Crippen LogP contribution < -0.4 is 0 Å². The van der Waals surface area contributed by atoms with Crippen molar-refractivity contribution in [1.82, 2.24) is 0 Å². The SMILES string of the molecule is CC(=O)OC[C@H](COP(=O)(OCC1COC(C)O1)OC(C)C)OC(C)=O. The highest BCUT2D eigenvalue weighted by atomic mass is 31.2. The van der Waals surface area contributed by atoms with Gasteiger partial charge >= 0.3 is 19.8 Å². The fourth-order valence-electron chi connectivity index (χ4n) is 1.95. The molecule has 0 bridgehead atoms. The topological polar surface area (TPSA) is 116 Å². The molecule has 0 aromatic heterocycles. The molecule has 0 aliphatic carbocycles. The van der Waals surface area contributed by atoms with Gasteiger partial charge in [-0.2, -0.15) is 0 Å². The van der Waals surface area contributed by atoms with E-state index >= 15 is 0 Å². The van der Waals surface area contributed by atoms with E-state index in [1.54, 1.807) is 20.8 Å². The van der Waals surface area contributed by atoms with Crippen molar-refractivity contribution in [2.75, 3.05) is 26.4 Å². The molecule has 1 saturated heterocycles. The van der Waals surface area contributed by atoms with Gasteiger partial charge in [0.15, 0.2) is 12.4 Å². The average molecular weight is 398 g/mol. The van der Waals surface area contributed by atoms with Crippen molar-refractivity contribution in [2.24, 2.45) is 0 Å². The summed E-state index contributed by atoms with van der Waals surface area (Å²) < 4.78 is 49.0. The number of phosphoric ester groups is 1. The standard InChI is InChI=1S/C15H27O10P/c1-10(2)25-26(18,22-9-15-7-20-13(5)24-15)21-8-14(23-12(4)17)6-19-11(3)16/h10,13-15H,6-9H2,1-5H3/t13?,14-,15?,26?/m1/s1. The van der Waals surface area contributed by atoms with E-state index in [0.29, 0.717) is 6.61 Å². The van der Waals surface area contributed by atoms with Crippen molar-refractivity contribution in [3.8, 4) is 0 Å².